The van der Waals surface area contributed by atoms with Gasteiger partial charge in [0.05, 0.1) is 19.3 Å². The highest BCUT2D eigenvalue weighted by Crippen LogP contribution is 2.25. The molecule has 2 N–H and O–H groups in total. The van der Waals surface area contributed by atoms with Crippen molar-refractivity contribution in [3.63, 3.8) is 0 Å². The number of nitrogens with one attached hydrogen (secondary N) is 2. The Balaban J connectivity index is 1.45. The molecular formula is C20H29N3O3S. The van der Waals surface area contributed by atoms with Crippen molar-refractivity contribution in [2.45, 2.75) is 38.1 Å². The number of allylic oxidation sites excluding steroid dienone is 1. The van der Waals surface area contributed by atoms with Gasteiger partial charge in [-0.3, -0.25) is 14.5 Å². The number of ether oxygens (including phenoxy) is 1. The van der Waals surface area contributed by atoms with E-state index in [-0.39, 0.29) is 6.04 Å². The van der Waals surface area contributed by atoms with Crippen LogP contribution < -0.4 is 10.6 Å². The first-order chi connectivity index (χ1) is 13.2. The molecule has 0 radical (unpaired) electrons. The largest absolute Gasteiger partial charge is 0.379 e. The van der Waals surface area contributed by atoms with E-state index in [1.807, 2.05) is 11.4 Å². The lowest BCUT2D eigenvalue weighted by atomic mass is 9.97. The molecule has 0 bridgehead atoms. The number of rotatable bonds is 7. The van der Waals surface area contributed by atoms with Crippen molar-refractivity contribution in [3.05, 3.63) is 34.0 Å². The molecule has 2 aliphatic rings. The first-order valence-electron chi connectivity index (χ1n) is 9.83. The van der Waals surface area contributed by atoms with Gasteiger partial charge in [-0.25, -0.2) is 0 Å². The van der Waals surface area contributed by atoms with E-state index in [9.17, 15) is 9.59 Å². The Hall–Kier alpha value is -1.70. The number of carbonyl (C=O) groups excluding carboxylic acids is 2. The predicted molar refractivity (Wildman–Crippen MR) is 107 cm³/mol. The molecule has 0 saturated carbocycles. The van der Waals surface area contributed by atoms with Gasteiger partial charge in [0.25, 0.3) is 0 Å². The molecule has 7 heteroatoms. The van der Waals surface area contributed by atoms with Crippen LogP contribution in [0.5, 0.6) is 0 Å². The average molecular weight is 392 g/mol. The molecule has 1 aliphatic carbocycles. The maximum absolute atomic E-state index is 12.2. The van der Waals surface area contributed by atoms with Crippen molar-refractivity contribution in [2.24, 2.45) is 0 Å². The third kappa shape index (κ3) is 6.16. The molecule has 3 rings (SSSR count). The maximum Gasteiger partial charge on any atom is 0.309 e. The van der Waals surface area contributed by atoms with Crippen LogP contribution in [0.15, 0.2) is 29.2 Å². The van der Waals surface area contributed by atoms with Crippen LogP contribution in [0.4, 0.5) is 0 Å². The van der Waals surface area contributed by atoms with E-state index in [1.165, 1.54) is 23.3 Å². The zero-order valence-corrected chi connectivity index (χ0v) is 16.6. The van der Waals surface area contributed by atoms with Gasteiger partial charge >= 0.3 is 11.8 Å². The van der Waals surface area contributed by atoms with Gasteiger partial charge < -0.3 is 15.4 Å². The Morgan fingerprint density at radius 1 is 1.19 bits per heavy atom. The summed E-state index contributed by atoms with van der Waals surface area (Å²) in [5, 5.41) is 7.60. The molecule has 2 amide bonds. The van der Waals surface area contributed by atoms with Crippen LogP contribution in [0, 0.1) is 0 Å². The normalized spacial score (nSPS) is 19.2. The van der Waals surface area contributed by atoms with E-state index in [2.05, 4.69) is 27.7 Å². The van der Waals surface area contributed by atoms with Gasteiger partial charge in [0.2, 0.25) is 0 Å². The Bertz CT molecular complexity index is 639. The van der Waals surface area contributed by atoms with Crippen molar-refractivity contribution in [3.8, 4) is 0 Å². The molecular weight excluding hydrogens is 362 g/mol. The predicted octanol–water partition coefficient (Wildman–Crippen LogP) is 2.24. The van der Waals surface area contributed by atoms with E-state index in [1.54, 1.807) is 11.3 Å². The van der Waals surface area contributed by atoms with Crippen LogP contribution in [0.25, 0.3) is 0 Å². The quantitative estimate of drug-likeness (QED) is 0.552. The summed E-state index contributed by atoms with van der Waals surface area (Å²) < 4.78 is 5.43. The highest BCUT2D eigenvalue weighted by atomic mass is 32.1. The van der Waals surface area contributed by atoms with E-state index in [0.717, 1.165) is 32.4 Å². The fraction of sp³-hybridized carbons (Fsp3) is 0.600. The van der Waals surface area contributed by atoms with Crippen molar-refractivity contribution in [1.29, 1.82) is 0 Å². The Kier molecular flexibility index (Phi) is 7.86. The van der Waals surface area contributed by atoms with Gasteiger partial charge in [0, 0.05) is 31.1 Å². The van der Waals surface area contributed by atoms with Crippen molar-refractivity contribution in [1.82, 2.24) is 15.5 Å². The Morgan fingerprint density at radius 2 is 2.00 bits per heavy atom. The molecule has 1 aliphatic heterocycles. The van der Waals surface area contributed by atoms with Crippen molar-refractivity contribution in [2.75, 3.05) is 39.4 Å². The lowest BCUT2D eigenvalue weighted by Crippen LogP contribution is -2.46. The minimum absolute atomic E-state index is 0.0815. The minimum atomic E-state index is -0.553. The highest BCUT2D eigenvalue weighted by Gasteiger charge is 2.25. The molecule has 1 atom stereocenters. The molecule has 1 aromatic rings. The summed E-state index contributed by atoms with van der Waals surface area (Å²) in [6.45, 7) is 4.02. The summed E-state index contributed by atoms with van der Waals surface area (Å²) in [4.78, 5) is 27.8. The minimum Gasteiger partial charge on any atom is -0.379 e. The number of thiophene rings is 1. The van der Waals surface area contributed by atoms with E-state index in [4.69, 9.17) is 4.74 Å². The lowest BCUT2D eigenvalue weighted by Gasteiger charge is -2.34. The number of morpholine rings is 1. The smallest absolute Gasteiger partial charge is 0.309 e. The maximum atomic E-state index is 12.2. The zero-order chi connectivity index (χ0) is 18.9. The van der Waals surface area contributed by atoms with Gasteiger partial charge in [0.1, 0.15) is 0 Å². The fourth-order valence-electron chi connectivity index (χ4n) is 3.60. The SMILES string of the molecule is O=C(NCCC1=CCCCC1)C(=O)NC[C@H](c1cccs1)N1CCOCC1. The zero-order valence-electron chi connectivity index (χ0n) is 15.7. The molecule has 6 nitrogen and oxygen atoms in total. The fourth-order valence-corrected chi connectivity index (χ4v) is 4.46. The van der Waals surface area contributed by atoms with Crippen molar-refractivity contribution < 1.29 is 14.3 Å². The summed E-state index contributed by atoms with van der Waals surface area (Å²) in [7, 11) is 0. The topological polar surface area (TPSA) is 70.7 Å². The molecule has 0 spiro atoms. The molecule has 0 unspecified atom stereocenters. The number of carbonyl (C=O) groups is 2. The number of amides is 2. The van der Waals surface area contributed by atoms with Crippen LogP contribution >= 0.6 is 11.3 Å². The first-order valence-corrected chi connectivity index (χ1v) is 10.7. The molecule has 1 saturated heterocycles. The lowest BCUT2D eigenvalue weighted by molar-refractivity contribution is -0.139. The van der Waals surface area contributed by atoms with Gasteiger partial charge in [-0.15, -0.1) is 11.3 Å². The molecule has 2 heterocycles. The molecule has 1 fully saturated rings. The number of nitrogens with zero attached hydrogens (tertiary/aromatic N) is 1. The first kappa shape index (κ1) is 20.0. The monoisotopic (exact) mass is 391 g/mol. The van der Waals surface area contributed by atoms with E-state index in [0.29, 0.717) is 26.3 Å². The van der Waals surface area contributed by atoms with Crippen LogP contribution in [0.3, 0.4) is 0 Å². The van der Waals surface area contributed by atoms with Gasteiger partial charge in [-0.05, 0) is 43.6 Å². The van der Waals surface area contributed by atoms with Crippen LogP contribution in [0.2, 0.25) is 0 Å². The van der Waals surface area contributed by atoms with Crippen LogP contribution in [-0.2, 0) is 14.3 Å². The third-order valence-electron chi connectivity index (χ3n) is 5.14. The van der Waals surface area contributed by atoms with Gasteiger partial charge in [-0.2, -0.15) is 0 Å². The van der Waals surface area contributed by atoms with E-state index < -0.39 is 11.8 Å². The molecule has 27 heavy (non-hydrogen) atoms. The number of hydrogen-bond acceptors (Lipinski definition) is 5. The highest BCUT2D eigenvalue weighted by molar-refractivity contribution is 7.10. The standard InChI is InChI=1S/C20H29N3O3S/c24-19(21-9-8-16-5-2-1-3-6-16)20(25)22-15-17(18-7-4-14-27-18)23-10-12-26-13-11-23/h4-5,7,14,17H,1-3,6,8-13,15H2,(H,21,24)(H,22,25)/t17-/m1/s1. The Morgan fingerprint density at radius 3 is 2.70 bits per heavy atom. The van der Waals surface area contributed by atoms with Gasteiger partial charge in [-0.1, -0.05) is 17.7 Å². The third-order valence-corrected chi connectivity index (χ3v) is 6.11. The van der Waals surface area contributed by atoms with E-state index >= 15 is 0 Å². The summed E-state index contributed by atoms with van der Waals surface area (Å²) in [6.07, 6.45) is 7.84. The molecule has 1 aromatic heterocycles. The summed E-state index contributed by atoms with van der Waals surface area (Å²) in [5.41, 5.74) is 1.40. The van der Waals surface area contributed by atoms with Crippen LogP contribution in [-0.4, -0.2) is 56.1 Å². The average Bonchev–Trinajstić information content (AvgIpc) is 3.24. The summed E-state index contributed by atoms with van der Waals surface area (Å²) >= 11 is 1.67. The van der Waals surface area contributed by atoms with Crippen LogP contribution in [0.1, 0.15) is 43.0 Å². The second-order valence-electron chi connectivity index (χ2n) is 7.00. The Labute approximate surface area is 165 Å². The second-order valence-corrected chi connectivity index (χ2v) is 7.98. The molecule has 0 aromatic carbocycles. The van der Waals surface area contributed by atoms with Crippen molar-refractivity contribution >= 4 is 23.2 Å². The molecule has 148 valence electrons. The summed E-state index contributed by atoms with van der Waals surface area (Å²) in [6, 6.07) is 4.18. The van der Waals surface area contributed by atoms with Gasteiger partial charge in [0.15, 0.2) is 0 Å². The second kappa shape index (κ2) is 10.6. The summed E-state index contributed by atoms with van der Waals surface area (Å²) in [5.74, 6) is -1.10. The number of hydrogen-bond donors (Lipinski definition) is 2.